The minimum absolute atomic E-state index is 0.0150. The maximum absolute atomic E-state index is 13.1. The molecule has 0 spiro atoms. The van der Waals surface area contributed by atoms with E-state index in [1.165, 1.54) is 0 Å². The van der Waals surface area contributed by atoms with E-state index >= 15 is 0 Å². The third-order valence-corrected chi connectivity index (χ3v) is 4.20. The molecular weight excluding hydrogens is 273 g/mol. The van der Waals surface area contributed by atoms with Crippen molar-refractivity contribution in [3.05, 3.63) is 0 Å². The molecule has 118 valence electrons. The van der Waals surface area contributed by atoms with E-state index in [0.29, 0.717) is 0 Å². The Kier molecular flexibility index (Phi) is 5.82. The lowest BCUT2D eigenvalue weighted by molar-refractivity contribution is -0.216. The fourth-order valence-electron chi connectivity index (χ4n) is 2.62. The summed E-state index contributed by atoms with van der Waals surface area (Å²) in [5, 5.41) is 14.7. The lowest BCUT2D eigenvalue weighted by Crippen LogP contribution is -2.53. The fourth-order valence-corrected chi connectivity index (χ4v) is 2.62. The number of halogens is 3. The van der Waals surface area contributed by atoms with Crippen molar-refractivity contribution < 1.29 is 23.1 Å². The van der Waals surface area contributed by atoms with Crippen LogP contribution in [0.15, 0.2) is 0 Å². The molecule has 20 heavy (non-hydrogen) atoms. The van der Waals surface area contributed by atoms with Gasteiger partial charge in [0.15, 0.2) is 5.41 Å². The van der Waals surface area contributed by atoms with Gasteiger partial charge in [0.1, 0.15) is 0 Å². The Balaban J connectivity index is 2.65. The summed E-state index contributed by atoms with van der Waals surface area (Å²) < 4.78 is 39.4. The van der Waals surface area contributed by atoms with Gasteiger partial charge in [0.05, 0.1) is 6.10 Å². The van der Waals surface area contributed by atoms with Crippen LogP contribution in [0.2, 0.25) is 0 Å². The van der Waals surface area contributed by atoms with Crippen LogP contribution in [-0.4, -0.2) is 42.9 Å². The smallest absolute Gasteiger partial charge is 0.391 e. The molecule has 0 radical (unpaired) electrons. The molecule has 1 fully saturated rings. The lowest BCUT2D eigenvalue weighted by Gasteiger charge is -2.30. The number of hydrogen-bond acceptors (Lipinski definition) is 3. The van der Waals surface area contributed by atoms with E-state index in [1.54, 1.807) is 0 Å². The number of alkyl halides is 3. The molecule has 0 saturated carbocycles. The number of carbonyl (C=O) groups excluding carboxylic acids is 1. The van der Waals surface area contributed by atoms with E-state index in [1.807, 2.05) is 13.8 Å². The minimum atomic E-state index is -4.58. The fraction of sp³-hybridized carbons (Fsp3) is 0.923. The van der Waals surface area contributed by atoms with Gasteiger partial charge < -0.3 is 15.7 Å². The summed E-state index contributed by atoms with van der Waals surface area (Å²) in [6, 6.07) is 0. The van der Waals surface area contributed by atoms with Crippen molar-refractivity contribution >= 4 is 5.91 Å². The van der Waals surface area contributed by atoms with E-state index in [0.717, 1.165) is 12.8 Å². The minimum Gasteiger partial charge on any atom is -0.391 e. The summed E-state index contributed by atoms with van der Waals surface area (Å²) in [5.74, 6) is -1.06. The van der Waals surface area contributed by atoms with Gasteiger partial charge in [-0.15, -0.1) is 0 Å². The number of hydrogen-bond donors (Lipinski definition) is 3. The highest BCUT2D eigenvalue weighted by atomic mass is 19.4. The van der Waals surface area contributed by atoms with E-state index in [9.17, 15) is 23.1 Å². The normalized spacial score (nSPS) is 24.9. The Morgan fingerprint density at radius 1 is 1.40 bits per heavy atom. The first-order chi connectivity index (χ1) is 9.28. The predicted octanol–water partition coefficient (Wildman–Crippen LogP) is 1.44. The molecule has 0 aromatic carbocycles. The Labute approximate surface area is 117 Å². The molecule has 7 heteroatoms. The highest BCUT2D eigenvalue weighted by molar-refractivity contribution is 5.84. The molecule has 1 aliphatic rings. The maximum Gasteiger partial charge on any atom is 0.404 e. The topological polar surface area (TPSA) is 61.4 Å². The molecule has 0 aromatic rings. The molecule has 0 aliphatic carbocycles. The van der Waals surface area contributed by atoms with Crippen LogP contribution in [0.4, 0.5) is 13.2 Å². The average molecular weight is 296 g/mol. The third kappa shape index (κ3) is 3.44. The Hall–Kier alpha value is -0.820. The largest absolute Gasteiger partial charge is 0.404 e. The molecule has 0 bridgehead atoms. The van der Waals surface area contributed by atoms with Crippen molar-refractivity contribution in [3.8, 4) is 0 Å². The van der Waals surface area contributed by atoms with E-state index in [-0.39, 0.29) is 25.4 Å². The SMILES string of the molecule is CCC(CC)C(O)CNC(=O)C1(C(F)(F)F)CCNC1. The summed E-state index contributed by atoms with van der Waals surface area (Å²) >= 11 is 0. The highest BCUT2D eigenvalue weighted by Gasteiger charge is 2.61. The second-order valence-corrected chi connectivity index (χ2v) is 5.36. The molecule has 1 rings (SSSR count). The summed E-state index contributed by atoms with van der Waals surface area (Å²) in [4.78, 5) is 11.9. The van der Waals surface area contributed by atoms with Crippen molar-refractivity contribution in [1.29, 1.82) is 0 Å². The van der Waals surface area contributed by atoms with E-state index in [4.69, 9.17) is 0 Å². The van der Waals surface area contributed by atoms with Crippen LogP contribution < -0.4 is 10.6 Å². The zero-order valence-corrected chi connectivity index (χ0v) is 11.9. The summed E-state index contributed by atoms with van der Waals surface area (Å²) in [7, 11) is 0. The molecule has 2 unspecified atom stereocenters. The molecule has 1 amide bonds. The van der Waals surface area contributed by atoms with Crippen molar-refractivity contribution in [1.82, 2.24) is 10.6 Å². The molecular formula is C13H23F3N2O2. The van der Waals surface area contributed by atoms with Gasteiger partial charge in [-0.1, -0.05) is 26.7 Å². The first-order valence-electron chi connectivity index (χ1n) is 7.02. The van der Waals surface area contributed by atoms with Gasteiger partial charge >= 0.3 is 6.18 Å². The molecule has 2 atom stereocenters. The zero-order valence-electron chi connectivity index (χ0n) is 11.9. The number of aliphatic hydroxyl groups excluding tert-OH is 1. The third-order valence-electron chi connectivity index (χ3n) is 4.20. The van der Waals surface area contributed by atoms with Crippen molar-refractivity contribution in [2.24, 2.45) is 11.3 Å². The van der Waals surface area contributed by atoms with E-state index in [2.05, 4.69) is 10.6 Å². The maximum atomic E-state index is 13.1. The molecule has 1 heterocycles. The van der Waals surface area contributed by atoms with Crippen LogP contribution in [0.5, 0.6) is 0 Å². The number of nitrogens with one attached hydrogen (secondary N) is 2. The zero-order chi connectivity index (χ0) is 15.4. The average Bonchev–Trinajstić information content (AvgIpc) is 2.87. The Morgan fingerprint density at radius 3 is 2.40 bits per heavy atom. The number of carbonyl (C=O) groups is 1. The Morgan fingerprint density at radius 2 is 2.00 bits per heavy atom. The van der Waals surface area contributed by atoms with Crippen molar-refractivity contribution in [2.75, 3.05) is 19.6 Å². The van der Waals surface area contributed by atoms with Gasteiger partial charge in [-0.25, -0.2) is 0 Å². The first kappa shape index (κ1) is 17.2. The number of amides is 1. The summed E-state index contributed by atoms with van der Waals surface area (Å²) in [5.41, 5.74) is -2.36. The van der Waals surface area contributed by atoms with Crippen molar-refractivity contribution in [3.63, 3.8) is 0 Å². The van der Waals surface area contributed by atoms with Crippen LogP contribution in [-0.2, 0) is 4.79 Å². The van der Waals surface area contributed by atoms with Gasteiger partial charge in [0.2, 0.25) is 5.91 Å². The molecule has 1 saturated heterocycles. The Bertz CT molecular complexity index is 324. The molecule has 0 aromatic heterocycles. The summed E-state index contributed by atoms with van der Waals surface area (Å²) in [6.45, 7) is 3.43. The van der Waals surface area contributed by atoms with Gasteiger partial charge in [0, 0.05) is 13.1 Å². The number of aliphatic hydroxyl groups is 1. The quantitative estimate of drug-likeness (QED) is 0.695. The van der Waals surface area contributed by atoms with Gasteiger partial charge in [-0.3, -0.25) is 4.79 Å². The first-order valence-corrected chi connectivity index (χ1v) is 7.02. The molecule has 3 N–H and O–H groups in total. The number of rotatable bonds is 6. The van der Waals surface area contributed by atoms with Crippen LogP contribution in [0.3, 0.4) is 0 Å². The van der Waals surface area contributed by atoms with Gasteiger partial charge in [-0.2, -0.15) is 13.2 Å². The second-order valence-electron chi connectivity index (χ2n) is 5.36. The highest BCUT2D eigenvalue weighted by Crippen LogP contribution is 2.43. The van der Waals surface area contributed by atoms with Gasteiger partial charge in [0.25, 0.3) is 0 Å². The predicted molar refractivity (Wildman–Crippen MR) is 69.1 cm³/mol. The molecule has 1 aliphatic heterocycles. The molecule has 4 nitrogen and oxygen atoms in total. The van der Waals surface area contributed by atoms with E-state index < -0.39 is 30.1 Å². The van der Waals surface area contributed by atoms with Crippen LogP contribution in [0, 0.1) is 11.3 Å². The second kappa shape index (κ2) is 6.76. The van der Waals surface area contributed by atoms with Crippen LogP contribution >= 0.6 is 0 Å². The van der Waals surface area contributed by atoms with Crippen LogP contribution in [0.1, 0.15) is 33.1 Å². The summed E-state index contributed by atoms with van der Waals surface area (Å²) in [6.07, 6.45) is -4.21. The van der Waals surface area contributed by atoms with Crippen LogP contribution in [0.25, 0.3) is 0 Å². The van der Waals surface area contributed by atoms with Gasteiger partial charge in [-0.05, 0) is 18.9 Å². The standard InChI is InChI=1S/C13H23F3N2O2/c1-3-9(4-2)10(19)7-18-11(20)12(13(14,15)16)5-6-17-8-12/h9-10,17,19H,3-8H2,1-2H3,(H,18,20). The van der Waals surface area contributed by atoms with Crippen molar-refractivity contribution in [2.45, 2.75) is 45.4 Å². The monoisotopic (exact) mass is 296 g/mol. The lowest BCUT2D eigenvalue weighted by atomic mass is 9.85.